The Labute approximate surface area is 124 Å². The normalized spacial score (nSPS) is 12.3. The summed E-state index contributed by atoms with van der Waals surface area (Å²) in [7, 11) is 0. The van der Waals surface area contributed by atoms with Gasteiger partial charge in [0.05, 0.1) is 5.25 Å². The Kier molecular flexibility index (Phi) is 3.92. The van der Waals surface area contributed by atoms with Gasteiger partial charge in [-0.1, -0.05) is 11.8 Å². The highest BCUT2D eigenvalue weighted by Gasteiger charge is 2.17. The van der Waals surface area contributed by atoms with E-state index in [1.807, 2.05) is 6.92 Å². The molecular formula is C14H11FN4OS. The Morgan fingerprint density at radius 1 is 1.10 bits per heavy atom. The molecule has 0 saturated carbocycles. The number of halogens is 1. The summed E-state index contributed by atoms with van der Waals surface area (Å²) in [5.41, 5.74) is 0.684. The van der Waals surface area contributed by atoms with E-state index in [-0.39, 0.29) is 11.1 Å². The molecule has 7 heteroatoms. The number of benzene rings is 1. The van der Waals surface area contributed by atoms with Crippen LogP contribution in [-0.2, 0) is 0 Å². The van der Waals surface area contributed by atoms with Crippen LogP contribution in [0.3, 0.4) is 0 Å². The third-order valence-electron chi connectivity index (χ3n) is 2.70. The summed E-state index contributed by atoms with van der Waals surface area (Å²) in [5, 5.41) is 8.58. The van der Waals surface area contributed by atoms with Crippen molar-refractivity contribution < 1.29 is 8.81 Å². The van der Waals surface area contributed by atoms with Gasteiger partial charge in [-0.3, -0.25) is 0 Å². The van der Waals surface area contributed by atoms with Crippen molar-refractivity contribution >= 4 is 11.8 Å². The molecule has 5 nitrogen and oxygen atoms in total. The number of thioether (sulfide) groups is 1. The van der Waals surface area contributed by atoms with E-state index >= 15 is 0 Å². The zero-order valence-electron chi connectivity index (χ0n) is 11.1. The highest BCUT2D eigenvalue weighted by molar-refractivity contribution is 7.99. The number of aromatic nitrogens is 4. The second-order valence-electron chi connectivity index (χ2n) is 4.24. The van der Waals surface area contributed by atoms with Gasteiger partial charge in [0.1, 0.15) is 5.82 Å². The van der Waals surface area contributed by atoms with E-state index in [0.717, 1.165) is 0 Å². The van der Waals surface area contributed by atoms with Gasteiger partial charge >= 0.3 is 0 Å². The standard InChI is InChI=1S/C14H11FN4OS/c1-9(21-14-16-7-2-8-17-14)12-18-19-13(20-12)10-3-5-11(15)6-4-10/h2-9H,1H3. The van der Waals surface area contributed by atoms with Crippen LogP contribution < -0.4 is 0 Å². The minimum atomic E-state index is -0.302. The largest absolute Gasteiger partial charge is 0.419 e. The SMILES string of the molecule is CC(Sc1ncccn1)c1nnc(-c2ccc(F)cc2)o1. The first kappa shape index (κ1) is 13.7. The average molecular weight is 302 g/mol. The van der Waals surface area contributed by atoms with Crippen molar-refractivity contribution in [2.75, 3.05) is 0 Å². The first-order valence-electron chi connectivity index (χ1n) is 6.25. The molecule has 0 aliphatic rings. The maximum Gasteiger partial charge on any atom is 0.247 e. The minimum Gasteiger partial charge on any atom is -0.419 e. The first-order chi connectivity index (χ1) is 10.2. The topological polar surface area (TPSA) is 64.7 Å². The lowest BCUT2D eigenvalue weighted by Gasteiger charge is -2.03. The van der Waals surface area contributed by atoms with Crippen molar-refractivity contribution in [2.24, 2.45) is 0 Å². The van der Waals surface area contributed by atoms with E-state index in [4.69, 9.17) is 4.42 Å². The third-order valence-corrected chi connectivity index (χ3v) is 3.68. The van der Waals surface area contributed by atoms with Crippen molar-refractivity contribution in [3.8, 4) is 11.5 Å². The molecule has 3 rings (SSSR count). The van der Waals surface area contributed by atoms with Crippen molar-refractivity contribution in [2.45, 2.75) is 17.3 Å². The molecular weight excluding hydrogens is 291 g/mol. The van der Waals surface area contributed by atoms with Gasteiger partial charge in [0.15, 0.2) is 5.16 Å². The highest BCUT2D eigenvalue weighted by atomic mass is 32.2. The molecule has 0 bridgehead atoms. The number of hydrogen-bond donors (Lipinski definition) is 0. The maximum atomic E-state index is 12.9. The second-order valence-corrected chi connectivity index (χ2v) is 5.55. The molecule has 1 atom stereocenters. The smallest absolute Gasteiger partial charge is 0.247 e. The summed E-state index contributed by atoms with van der Waals surface area (Å²) in [6.07, 6.45) is 3.36. The number of hydrogen-bond acceptors (Lipinski definition) is 6. The van der Waals surface area contributed by atoms with E-state index in [2.05, 4.69) is 20.2 Å². The third kappa shape index (κ3) is 3.25. The fraction of sp³-hybridized carbons (Fsp3) is 0.143. The van der Waals surface area contributed by atoms with Gasteiger partial charge in [-0.2, -0.15) is 0 Å². The summed E-state index contributed by atoms with van der Waals surface area (Å²) < 4.78 is 18.5. The maximum absolute atomic E-state index is 12.9. The van der Waals surface area contributed by atoms with Crippen LogP contribution in [-0.4, -0.2) is 20.2 Å². The molecule has 0 spiro atoms. The monoisotopic (exact) mass is 302 g/mol. The lowest BCUT2D eigenvalue weighted by atomic mass is 10.2. The van der Waals surface area contributed by atoms with Crippen LogP contribution >= 0.6 is 11.8 Å². The predicted octanol–water partition coefficient (Wildman–Crippen LogP) is 3.52. The number of nitrogens with zero attached hydrogens (tertiary/aromatic N) is 4. The molecule has 3 aromatic rings. The van der Waals surface area contributed by atoms with E-state index in [1.165, 1.54) is 23.9 Å². The molecule has 1 aromatic carbocycles. The fourth-order valence-electron chi connectivity index (χ4n) is 1.66. The lowest BCUT2D eigenvalue weighted by Crippen LogP contribution is -1.91. The zero-order valence-corrected chi connectivity index (χ0v) is 11.9. The van der Waals surface area contributed by atoms with E-state index in [1.54, 1.807) is 30.6 Å². The molecule has 1 unspecified atom stereocenters. The molecule has 0 aliphatic heterocycles. The minimum absolute atomic E-state index is 0.0749. The molecule has 0 N–H and O–H groups in total. The molecule has 2 aromatic heterocycles. The van der Waals surface area contributed by atoms with Gasteiger partial charge < -0.3 is 4.42 Å². The fourth-order valence-corrected chi connectivity index (χ4v) is 2.42. The van der Waals surface area contributed by atoms with Gasteiger partial charge in [-0.05, 0) is 37.3 Å². The molecule has 0 amide bonds. The van der Waals surface area contributed by atoms with Gasteiger partial charge in [0, 0.05) is 18.0 Å². The molecule has 106 valence electrons. The summed E-state index contributed by atoms with van der Waals surface area (Å²) >= 11 is 1.43. The summed E-state index contributed by atoms with van der Waals surface area (Å²) in [6, 6.07) is 7.67. The molecule has 21 heavy (non-hydrogen) atoms. The van der Waals surface area contributed by atoms with Crippen LogP contribution in [0.25, 0.3) is 11.5 Å². The molecule has 0 radical (unpaired) electrons. The lowest BCUT2D eigenvalue weighted by molar-refractivity contribution is 0.509. The predicted molar refractivity (Wildman–Crippen MR) is 76.0 cm³/mol. The van der Waals surface area contributed by atoms with E-state index in [0.29, 0.717) is 22.5 Å². The van der Waals surface area contributed by atoms with Crippen molar-refractivity contribution in [3.05, 3.63) is 54.4 Å². The van der Waals surface area contributed by atoms with Crippen LogP contribution in [0, 0.1) is 5.82 Å². The van der Waals surface area contributed by atoms with Crippen molar-refractivity contribution in [1.82, 2.24) is 20.2 Å². The summed E-state index contributed by atoms with van der Waals surface area (Å²) in [5.74, 6) is 0.543. The molecule has 0 saturated heterocycles. The second kappa shape index (κ2) is 6.01. The van der Waals surface area contributed by atoms with Crippen LogP contribution in [0.1, 0.15) is 18.1 Å². The van der Waals surface area contributed by atoms with E-state index in [9.17, 15) is 4.39 Å². The molecule has 2 heterocycles. The van der Waals surface area contributed by atoms with Gasteiger partial charge in [-0.15, -0.1) is 10.2 Å². The van der Waals surface area contributed by atoms with Crippen LogP contribution in [0.5, 0.6) is 0 Å². The van der Waals surface area contributed by atoms with Crippen LogP contribution in [0.2, 0.25) is 0 Å². The Morgan fingerprint density at radius 3 is 2.52 bits per heavy atom. The quantitative estimate of drug-likeness (QED) is 0.542. The van der Waals surface area contributed by atoms with Crippen LogP contribution in [0.15, 0.2) is 52.3 Å². The average Bonchev–Trinajstić information content (AvgIpc) is 2.99. The summed E-state index contributed by atoms with van der Waals surface area (Å²) in [4.78, 5) is 8.28. The Morgan fingerprint density at radius 2 is 1.81 bits per heavy atom. The van der Waals surface area contributed by atoms with Crippen molar-refractivity contribution in [1.29, 1.82) is 0 Å². The zero-order chi connectivity index (χ0) is 14.7. The van der Waals surface area contributed by atoms with Gasteiger partial charge in [0.25, 0.3) is 0 Å². The van der Waals surface area contributed by atoms with Crippen LogP contribution in [0.4, 0.5) is 4.39 Å². The highest BCUT2D eigenvalue weighted by Crippen LogP contribution is 2.32. The molecule has 0 aliphatic carbocycles. The van der Waals surface area contributed by atoms with E-state index < -0.39 is 0 Å². The Bertz CT molecular complexity index is 717. The first-order valence-corrected chi connectivity index (χ1v) is 7.13. The van der Waals surface area contributed by atoms with Crippen molar-refractivity contribution in [3.63, 3.8) is 0 Å². The van der Waals surface area contributed by atoms with Gasteiger partial charge in [0.2, 0.25) is 11.8 Å². The Balaban J connectivity index is 1.76. The molecule has 0 fully saturated rings. The van der Waals surface area contributed by atoms with Gasteiger partial charge in [-0.25, -0.2) is 14.4 Å². The summed E-state index contributed by atoms with van der Waals surface area (Å²) in [6.45, 7) is 1.93. The number of rotatable bonds is 4. The Hall–Kier alpha value is -2.28.